The molecule has 31 heavy (non-hydrogen) atoms. The first kappa shape index (κ1) is 22.3. The largest absolute Gasteiger partial charge is 0.493 e. The lowest BCUT2D eigenvalue weighted by Crippen LogP contribution is -2.20. The number of nitrogens with one attached hydrogen (secondary N) is 1. The maximum atomic E-state index is 12.3. The van der Waals surface area contributed by atoms with E-state index in [1.54, 1.807) is 12.1 Å². The molecule has 2 aromatic carbocycles. The molecule has 0 saturated heterocycles. The summed E-state index contributed by atoms with van der Waals surface area (Å²) in [7, 11) is 1.43. The second kappa shape index (κ2) is 10.6. The molecule has 0 saturated carbocycles. The molecular weight excluding hydrogens is 470 g/mol. The third-order valence-electron chi connectivity index (χ3n) is 4.04. The highest BCUT2D eigenvalue weighted by atomic mass is 79.9. The molecule has 10 heteroatoms. The van der Waals surface area contributed by atoms with Crippen molar-refractivity contribution >= 4 is 33.5 Å². The van der Waals surface area contributed by atoms with E-state index in [-0.39, 0.29) is 36.3 Å². The van der Waals surface area contributed by atoms with Crippen molar-refractivity contribution in [2.75, 3.05) is 19.0 Å². The van der Waals surface area contributed by atoms with Gasteiger partial charge in [-0.1, -0.05) is 28.0 Å². The molecule has 162 valence electrons. The van der Waals surface area contributed by atoms with Gasteiger partial charge in [0.15, 0.2) is 30.5 Å². The van der Waals surface area contributed by atoms with E-state index in [1.807, 2.05) is 19.1 Å². The van der Waals surface area contributed by atoms with Gasteiger partial charge in [0.25, 0.3) is 11.8 Å². The highest BCUT2D eigenvalue weighted by molar-refractivity contribution is 9.10. The number of hydrogen-bond acceptors (Lipinski definition) is 8. The van der Waals surface area contributed by atoms with Crippen molar-refractivity contribution in [2.24, 2.45) is 0 Å². The van der Waals surface area contributed by atoms with Crippen LogP contribution in [0.1, 0.15) is 29.0 Å². The van der Waals surface area contributed by atoms with Crippen molar-refractivity contribution in [1.29, 1.82) is 0 Å². The van der Waals surface area contributed by atoms with Gasteiger partial charge in [0.05, 0.1) is 12.7 Å². The first-order valence-electron chi connectivity index (χ1n) is 9.33. The zero-order chi connectivity index (χ0) is 22.2. The Kier molecular flexibility index (Phi) is 7.60. The number of anilines is 1. The van der Waals surface area contributed by atoms with Gasteiger partial charge in [0.2, 0.25) is 0 Å². The number of aromatic nitrogens is 2. The van der Waals surface area contributed by atoms with Crippen molar-refractivity contribution < 1.29 is 28.3 Å². The molecule has 0 radical (unpaired) electrons. The molecular formula is C21H20BrN3O6. The number of esters is 1. The smallest absolute Gasteiger partial charge is 0.338 e. The number of methoxy groups -OCH3 is 1. The zero-order valence-electron chi connectivity index (χ0n) is 16.9. The average molecular weight is 490 g/mol. The van der Waals surface area contributed by atoms with Gasteiger partial charge in [-0.25, -0.2) is 4.79 Å². The average Bonchev–Trinajstić information content (AvgIpc) is 3.25. The van der Waals surface area contributed by atoms with Crippen LogP contribution in [0.25, 0.3) is 0 Å². The molecule has 0 aliphatic rings. The first-order valence-corrected chi connectivity index (χ1v) is 10.1. The first-order chi connectivity index (χ1) is 15.0. The van der Waals surface area contributed by atoms with E-state index < -0.39 is 5.97 Å². The fourth-order valence-corrected chi connectivity index (χ4v) is 2.75. The Morgan fingerprint density at radius 3 is 2.58 bits per heavy atom. The number of nitrogens with zero attached hydrogens (tertiary/aromatic N) is 2. The summed E-state index contributed by atoms with van der Waals surface area (Å²) in [6.45, 7) is 1.52. The Balaban J connectivity index is 1.56. The second-order valence-corrected chi connectivity index (χ2v) is 7.16. The van der Waals surface area contributed by atoms with Crippen LogP contribution in [0.4, 0.5) is 5.69 Å². The Morgan fingerprint density at radius 1 is 1.13 bits per heavy atom. The molecule has 9 nitrogen and oxygen atoms in total. The van der Waals surface area contributed by atoms with E-state index >= 15 is 0 Å². The molecule has 0 atom stereocenters. The Hall–Kier alpha value is -3.40. The summed E-state index contributed by atoms with van der Waals surface area (Å²) in [5, 5.41) is 6.47. The summed E-state index contributed by atoms with van der Waals surface area (Å²) in [6, 6.07) is 11.7. The lowest BCUT2D eigenvalue weighted by atomic mass is 10.2. The van der Waals surface area contributed by atoms with Crippen LogP contribution in [0.2, 0.25) is 0 Å². The van der Waals surface area contributed by atoms with Gasteiger partial charge in [-0.3, -0.25) is 4.79 Å². The van der Waals surface area contributed by atoms with Gasteiger partial charge in [0.1, 0.15) is 0 Å². The summed E-state index contributed by atoms with van der Waals surface area (Å²) in [4.78, 5) is 28.5. The van der Waals surface area contributed by atoms with Crippen LogP contribution < -0.4 is 14.8 Å². The van der Waals surface area contributed by atoms with E-state index in [4.69, 9.17) is 18.7 Å². The van der Waals surface area contributed by atoms with Crippen LogP contribution in [-0.2, 0) is 22.6 Å². The van der Waals surface area contributed by atoms with Crippen LogP contribution in [0.5, 0.6) is 11.5 Å². The van der Waals surface area contributed by atoms with Crippen LogP contribution in [0, 0.1) is 0 Å². The number of amides is 1. The molecule has 1 amide bonds. The van der Waals surface area contributed by atoms with E-state index in [0.29, 0.717) is 23.7 Å². The molecule has 0 spiro atoms. The van der Waals surface area contributed by atoms with Crippen molar-refractivity contribution in [2.45, 2.75) is 20.0 Å². The standard InChI is InChI=1S/C21H20BrN3O6/c1-3-18-24-20(31-25-18)12-30-21(27)13-4-9-16(17(10-13)28-2)29-11-19(26)23-15-7-5-14(22)6-8-15/h4-10H,3,11-12H2,1-2H3,(H,23,26). The van der Waals surface area contributed by atoms with Gasteiger partial charge < -0.3 is 24.1 Å². The highest BCUT2D eigenvalue weighted by Crippen LogP contribution is 2.28. The van der Waals surface area contributed by atoms with Crippen molar-refractivity contribution in [3.05, 3.63) is 64.2 Å². The molecule has 1 heterocycles. The number of carbonyl (C=O) groups is 2. The molecule has 3 rings (SSSR count). The Morgan fingerprint density at radius 2 is 1.90 bits per heavy atom. The SMILES string of the molecule is CCc1noc(COC(=O)c2ccc(OCC(=O)Nc3ccc(Br)cc3)c(OC)c2)n1. The third-order valence-corrected chi connectivity index (χ3v) is 4.57. The fraction of sp³-hybridized carbons (Fsp3) is 0.238. The topological polar surface area (TPSA) is 113 Å². The van der Waals surface area contributed by atoms with E-state index in [1.165, 1.54) is 25.3 Å². The minimum absolute atomic E-state index is 0.136. The maximum absolute atomic E-state index is 12.3. The normalized spacial score (nSPS) is 10.4. The predicted octanol–water partition coefficient (Wildman–Crippen LogP) is 3.78. The van der Waals surface area contributed by atoms with E-state index in [9.17, 15) is 9.59 Å². The van der Waals surface area contributed by atoms with E-state index in [0.717, 1.165) is 4.47 Å². The summed E-state index contributed by atoms with van der Waals surface area (Å²) >= 11 is 3.34. The molecule has 0 fully saturated rings. The number of rotatable bonds is 9. The monoisotopic (exact) mass is 489 g/mol. The summed E-state index contributed by atoms with van der Waals surface area (Å²) < 4.78 is 21.9. The molecule has 0 aliphatic heterocycles. The Labute approximate surface area is 186 Å². The summed E-state index contributed by atoms with van der Waals surface area (Å²) in [6.07, 6.45) is 0.622. The number of carbonyl (C=O) groups excluding carboxylic acids is 2. The third kappa shape index (κ3) is 6.29. The molecule has 1 aromatic heterocycles. The molecule has 0 aliphatic carbocycles. The van der Waals surface area contributed by atoms with Crippen LogP contribution in [-0.4, -0.2) is 35.7 Å². The van der Waals surface area contributed by atoms with Gasteiger partial charge in [-0.15, -0.1) is 0 Å². The lowest BCUT2D eigenvalue weighted by Gasteiger charge is -2.12. The molecule has 0 unspecified atom stereocenters. The van der Waals surface area contributed by atoms with Crippen LogP contribution in [0.3, 0.4) is 0 Å². The number of aryl methyl sites for hydroxylation is 1. The zero-order valence-corrected chi connectivity index (χ0v) is 18.5. The fourth-order valence-electron chi connectivity index (χ4n) is 2.49. The number of benzene rings is 2. The van der Waals surface area contributed by atoms with Crippen molar-refractivity contribution in [1.82, 2.24) is 10.1 Å². The minimum atomic E-state index is -0.589. The van der Waals surface area contributed by atoms with Crippen LogP contribution >= 0.6 is 15.9 Å². The number of hydrogen-bond donors (Lipinski definition) is 1. The van der Waals surface area contributed by atoms with Crippen LogP contribution in [0.15, 0.2) is 51.5 Å². The van der Waals surface area contributed by atoms with Gasteiger partial charge in [-0.05, 0) is 42.5 Å². The van der Waals surface area contributed by atoms with Gasteiger partial charge in [-0.2, -0.15) is 4.98 Å². The highest BCUT2D eigenvalue weighted by Gasteiger charge is 2.15. The Bertz CT molecular complexity index is 1050. The number of ether oxygens (including phenoxy) is 3. The molecule has 3 aromatic rings. The van der Waals surface area contributed by atoms with Crippen molar-refractivity contribution in [3.8, 4) is 11.5 Å². The van der Waals surface area contributed by atoms with Gasteiger partial charge in [0, 0.05) is 16.6 Å². The van der Waals surface area contributed by atoms with E-state index in [2.05, 4.69) is 31.4 Å². The predicted molar refractivity (Wildman–Crippen MR) is 114 cm³/mol. The second-order valence-electron chi connectivity index (χ2n) is 6.24. The summed E-state index contributed by atoms with van der Waals surface area (Å²) in [5.41, 5.74) is 0.896. The van der Waals surface area contributed by atoms with Gasteiger partial charge >= 0.3 is 5.97 Å². The molecule has 1 N–H and O–H groups in total. The number of halogens is 1. The lowest BCUT2D eigenvalue weighted by molar-refractivity contribution is -0.118. The van der Waals surface area contributed by atoms with Crippen molar-refractivity contribution in [3.63, 3.8) is 0 Å². The molecule has 0 bridgehead atoms. The minimum Gasteiger partial charge on any atom is -0.493 e. The quantitative estimate of drug-likeness (QED) is 0.451. The maximum Gasteiger partial charge on any atom is 0.338 e. The summed E-state index contributed by atoms with van der Waals surface area (Å²) in [5.74, 6) is 0.437.